The second-order valence-electron chi connectivity index (χ2n) is 15.9. The number of carbonyl (C=O) groups excluding carboxylic acids is 2. The van der Waals surface area contributed by atoms with E-state index >= 15 is 0 Å². The Morgan fingerprint density at radius 2 is 1.73 bits per heavy atom. The van der Waals surface area contributed by atoms with Gasteiger partial charge in [0, 0.05) is 56.8 Å². The van der Waals surface area contributed by atoms with Crippen LogP contribution in [0.1, 0.15) is 76.6 Å². The third kappa shape index (κ3) is 7.80. The van der Waals surface area contributed by atoms with Crippen LogP contribution in [0.25, 0.3) is 0 Å². The van der Waals surface area contributed by atoms with Gasteiger partial charge in [-0.1, -0.05) is 0 Å². The summed E-state index contributed by atoms with van der Waals surface area (Å²) in [6, 6.07) is 4.08. The molecular weight excluding hydrogens is 623 g/mol. The molecule has 1 aromatic carbocycles. The Morgan fingerprint density at radius 1 is 1.04 bits per heavy atom. The molecule has 4 heterocycles. The fourth-order valence-corrected chi connectivity index (χ4v) is 8.49. The number of halogens is 1. The fraction of sp³-hybridized carbons (Fsp3) is 0.676. The van der Waals surface area contributed by atoms with E-state index in [2.05, 4.69) is 30.0 Å². The van der Waals surface area contributed by atoms with Gasteiger partial charge >= 0.3 is 6.03 Å². The van der Waals surface area contributed by atoms with Crippen LogP contribution in [0.5, 0.6) is 11.5 Å². The van der Waals surface area contributed by atoms with Crippen molar-refractivity contribution in [3.05, 3.63) is 42.1 Å². The third-order valence-corrected chi connectivity index (χ3v) is 11.2. The molecule has 1 N–H and O–H groups in total. The number of amides is 3. The molecule has 3 aliphatic heterocycles. The maximum atomic E-state index is 14.4. The lowest BCUT2D eigenvalue weighted by Gasteiger charge is -2.55. The predicted octanol–water partition coefficient (Wildman–Crippen LogP) is 5.09. The molecule has 11 nitrogen and oxygen atoms in total. The Morgan fingerprint density at radius 3 is 2.39 bits per heavy atom. The SMILES string of the molecule is CC(C)N(C(=O)c1cc(F)ccc1Oc1cncnc1N1CC2(CCN(CC3CCC4(CC3)CN(CCN(C)C)C(=O)N4)CC2)C1)C(C)C. The van der Waals surface area contributed by atoms with Gasteiger partial charge in [-0.25, -0.2) is 19.2 Å². The number of ether oxygens (including phenoxy) is 1. The van der Waals surface area contributed by atoms with E-state index in [9.17, 15) is 14.0 Å². The van der Waals surface area contributed by atoms with Crippen LogP contribution in [0.2, 0.25) is 0 Å². The molecule has 1 aromatic heterocycles. The number of likely N-dealkylation sites (N-methyl/N-ethyl adjacent to an activating group) is 1. The Balaban J connectivity index is 1.01. The van der Waals surface area contributed by atoms with E-state index in [1.165, 1.54) is 37.4 Å². The van der Waals surface area contributed by atoms with E-state index < -0.39 is 5.82 Å². The molecule has 4 fully saturated rings. The number of anilines is 1. The van der Waals surface area contributed by atoms with E-state index in [0.717, 1.165) is 78.0 Å². The van der Waals surface area contributed by atoms with Crippen molar-refractivity contribution in [2.24, 2.45) is 11.3 Å². The molecule has 2 spiro atoms. The lowest BCUT2D eigenvalue weighted by Crippen LogP contribution is -2.61. The number of hydrogen-bond donors (Lipinski definition) is 1. The van der Waals surface area contributed by atoms with Gasteiger partial charge < -0.3 is 34.6 Å². The highest BCUT2D eigenvalue weighted by atomic mass is 19.1. The standard InChI is InChI=1S/C37H55FN8O3/c1-26(2)46(27(3)4)34(47)30-19-29(38)7-8-31(30)49-32-20-39-25-40-33(32)45-22-36(23-45)13-15-43(16-14-36)21-28-9-11-37(12-10-28)24-44(35(48)41-37)18-17-42(5)6/h7-8,19-20,25-28H,9-18,21-24H2,1-6H3,(H,41,48). The summed E-state index contributed by atoms with van der Waals surface area (Å²) in [7, 11) is 4.10. The highest BCUT2D eigenvalue weighted by molar-refractivity contribution is 5.97. The van der Waals surface area contributed by atoms with Crippen LogP contribution >= 0.6 is 0 Å². The Bertz CT molecular complexity index is 1470. The smallest absolute Gasteiger partial charge is 0.318 e. The summed E-state index contributed by atoms with van der Waals surface area (Å²) in [6.45, 7) is 15.5. The van der Waals surface area contributed by atoms with Gasteiger partial charge in [0.15, 0.2) is 11.6 Å². The van der Waals surface area contributed by atoms with Gasteiger partial charge in [0.25, 0.3) is 5.91 Å². The Labute approximate surface area is 291 Å². The topological polar surface area (TPSA) is 97.4 Å². The molecule has 1 aliphatic carbocycles. The number of carbonyl (C=O) groups is 2. The summed E-state index contributed by atoms with van der Waals surface area (Å²) >= 11 is 0. The number of nitrogens with one attached hydrogen (secondary N) is 1. The number of benzene rings is 1. The first-order chi connectivity index (χ1) is 23.4. The molecule has 6 rings (SSSR count). The molecular formula is C37H55FN8O3. The lowest BCUT2D eigenvalue weighted by molar-refractivity contribution is 0.0583. The molecule has 268 valence electrons. The molecule has 49 heavy (non-hydrogen) atoms. The summed E-state index contributed by atoms with van der Waals surface area (Å²) in [5, 5.41) is 3.35. The molecule has 4 aliphatic rings. The Kier molecular flexibility index (Phi) is 10.4. The maximum Gasteiger partial charge on any atom is 0.318 e. The van der Waals surface area contributed by atoms with Crippen LogP contribution in [0.4, 0.5) is 15.0 Å². The van der Waals surface area contributed by atoms with Crippen LogP contribution in [0.3, 0.4) is 0 Å². The quantitative estimate of drug-likeness (QED) is 0.352. The summed E-state index contributed by atoms with van der Waals surface area (Å²) < 4.78 is 20.7. The summed E-state index contributed by atoms with van der Waals surface area (Å²) in [5.41, 5.74) is 0.403. The number of aromatic nitrogens is 2. The monoisotopic (exact) mass is 678 g/mol. The van der Waals surface area contributed by atoms with Gasteiger partial charge in [-0.15, -0.1) is 0 Å². The average molecular weight is 679 g/mol. The van der Waals surface area contributed by atoms with Gasteiger partial charge in [-0.05, 0) is 118 Å². The van der Waals surface area contributed by atoms with Gasteiger partial charge in [-0.3, -0.25) is 4.79 Å². The Hall–Kier alpha value is -3.51. The van der Waals surface area contributed by atoms with Gasteiger partial charge in [0.1, 0.15) is 17.9 Å². The first kappa shape index (κ1) is 35.3. The van der Waals surface area contributed by atoms with Crippen molar-refractivity contribution in [1.82, 2.24) is 34.9 Å². The van der Waals surface area contributed by atoms with E-state index in [0.29, 0.717) is 23.2 Å². The van der Waals surface area contributed by atoms with Crippen LogP contribution < -0.4 is 15.0 Å². The molecule has 1 saturated carbocycles. The van der Waals surface area contributed by atoms with Crippen LogP contribution in [-0.4, -0.2) is 126 Å². The van der Waals surface area contributed by atoms with Crippen LogP contribution in [-0.2, 0) is 0 Å². The van der Waals surface area contributed by atoms with Crippen molar-refractivity contribution >= 4 is 17.8 Å². The zero-order valence-corrected chi connectivity index (χ0v) is 30.3. The molecule has 0 unspecified atom stereocenters. The highest BCUT2D eigenvalue weighted by Gasteiger charge is 2.47. The number of nitrogens with zero attached hydrogens (tertiary/aromatic N) is 7. The average Bonchev–Trinajstić information content (AvgIpc) is 3.35. The van der Waals surface area contributed by atoms with Crippen molar-refractivity contribution in [3.63, 3.8) is 0 Å². The van der Waals surface area contributed by atoms with Gasteiger partial charge in [0.2, 0.25) is 0 Å². The largest absolute Gasteiger partial charge is 0.451 e. The number of hydrogen-bond acceptors (Lipinski definition) is 8. The van der Waals surface area contributed by atoms with Crippen molar-refractivity contribution < 1.29 is 18.7 Å². The van der Waals surface area contributed by atoms with E-state index in [4.69, 9.17) is 4.74 Å². The summed E-state index contributed by atoms with van der Waals surface area (Å²) in [6.07, 6.45) is 9.92. The number of piperidine rings is 1. The zero-order chi connectivity index (χ0) is 34.9. The maximum absolute atomic E-state index is 14.4. The number of rotatable bonds is 11. The minimum Gasteiger partial charge on any atom is -0.451 e. The first-order valence-corrected chi connectivity index (χ1v) is 18.2. The minimum atomic E-state index is -0.485. The molecule has 3 amide bonds. The minimum absolute atomic E-state index is 0.0406. The first-order valence-electron chi connectivity index (χ1n) is 18.2. The lowest BCUT2D eigenvalue weighted by atomic mass is 9.71. The zero-order valence-electron chi connectivity index (χ0n) is 30.3. The van der Waals surface area contributed by atoms with E-state index in [1.807, 2.05) is 46.7 Å². The van der Waals surface area contributed by atoms with E-state index in [-0.39, 0.29) is 40.5 Å². The number of likely N-dealkylation sites (tertiary alicyclic amines) is 1. The molecule has 0 radical (unpaired) electrons. The normalized spacial score (nSPS) is 23.9. The second-order valence-corrected chi connectivity index (χ2v) is 15.9. The van der Waals surface area contributed by atoms with Crippen molar-refractivity contribution in [3.8, 4) is 11.5 Å². The van der Waals surface area contributed by atoms with Gasteiger partial charge in [0.05, 0.1) is 17.3 Å². The summed E-state index contributed by atoms with van der Waals surface area (Å²) in [4.78, 5) is 45.7. The third-order valence-electron chi connectivity index (χ3n) is 11.2. The van der Waals surface area contributed by atoms with Gasteiger partial charge in [-0.2, -0.15) is 0 Å². The van der Waals surface area contributed by atoms with Crippen molar-refractivity contribution in [1.29, 1.82) is 0 Å². The molecule has 0 bridgehead atoms. The second kappa shape index (κ2) is 14.4. The molecule has 12 heteroatoms. The van der Waals surface area contributed by atoms with Crippen molar-refractivity contribution in [2.75, 3.05) is 71.4 Å². The van der Waals surface area contributed by atoms with Crippen LogP contribution in [0, 0.1) is 17.2 Å². The van der Waals surface area contributed by atoms with Crippen LogP contribution in [0.15, 0.2) is 30.7 Å². The molecule has 0 atom stereocenters. The highest BCUT2D eigenvalue weighted by Crippen LogP contribution is 2.45. The van der Waals surface area contributed by atoms with E-state index in [1.54, 1.807) is 11.1 Å². The molecule has 2 aromatic rings. The predicted molar refractivity (Wildman–Crippen MR) is 189 cm³/mol. The molecule has 3 saturated heterocycles. The van der Waals surface area contributed by atoms with Crippen molar-refractivity contribution in [2.45, 2.75) is 83.8 Å². The fourth-order valence-electron chi connectivity index (χ4n) is 8.49. The number of urea groups is 1. The summed E-state index contributed by atoms with van der Waals surface area (Å²) in [5.74, 6) is 1.38.